The maximum atomic E-state index is 13.0. The van der Waals surface area contributed by atoms with E-state index in [9.17, 15) is 4.79 Å². The summed E-state index contributed by atoms with van der Waals surface area (Å²) in [5.74, 6) is 0.108. The lowest BCUT2D eigenvalue weighted by molar-refractivity contribution is 0.0654. The van der Waals surface area contributed by atoms with Crippen LogP contribution in [0.15, 0.2) is 72.8 Å². The van der Waals surface area contributed by atoms with Gasteiger partial charge in [0.15, 0.2) is 0 Å². The molecule has 0 unspecified atom stereocenters. The predicted molar refractivity (Wildman–Crippen MR) is 105 cm³/mol. The van der Waals surface area contributed by atoms with Crippen molar-refractivity contribution in [3.63, 3.8) is 0 Å². The van der Waals surface area contributed by atoms with Crippen LogP contribution in [0.4, 0.5) is 0 Å². The molecule has 3 aromatic carbocycles. The fraction of sp³-hybridized carbons (Fsp3) is 0.130. The van der Waals surface area contributed by atoms with Crippen LogP contribution in [0.1, 0.15) is 16.8 Å². The molecular formula is C23H18N2O. The maximum absolute atomic E-state index is 13.0. The SMILES string of the molecule is O=C(c1cc(-c2cccc3ccccc23)nc2ccccc12)N1CCC1. The van der Waals surface area contributed by atoms with E-state index in [0.29, 0.717) is 0 Å². The van der Waals surface area contributed by atoms with Gasteiger partial charge in [-0.25, -0.2) is 4.98 Å². The molecule has 3 heteroatoms. The fourth-order valence-corrected chi connectivity index (χ4v) is 3.63. The highest BCUT2D eigenvalue weighted by atomic mass is 16.2. The Morgan fingerprint density at radius 1 is 0.846 bits per heavy atom. The number of hydrogen-bond donors (Lipinski definition) is 0. The molecule has 4 aromatic rings. The van der Waals surface area contributed by atoms with Crippen molar-refractivity contribution in [1.29, 1.82) is 0 Å². The second-order valence-corrected chi connectivity index (χ2v) is 6.74. The zero-order valence-corrected chi connectivity index (χ0v) is 14.4. The van der Waals surface area contributed by atoms with E-state index < -0.39 is 0 Å². The van der Waals surface area contributed by atoms with E-state index >= 15 is 0 Å². The van der Waals surface area contributed by atoms with Gasteiger partial charge in [-0.1, -0.05) is 60.7 Å². The molecule has 0 saturated carbocycles. The molecular weight excluding hydrogens is 320 g/mol. The van der Waals surface area contributed by atoms with Gasteiger partial charge >= 0.3 is 0 Å². The molecule has 126 valence electrons. The first-order valence-corrected chi connectivity index (χ1v) is 8.98. The lowest BCUT2D eigenvalue weighted by Gasteiger charge is -2.31. The van der Waals surface area contributed by atoms with E-state index in [1.54, 1.807) is 0 Å². The Hall–Kier alpha value is -3.20. The Bertz CT molecular complexity index is 1140. The molecule has 1 saturated heterocycles. The summed E-state index contributed by atoms with van der Waals surface area (Å²) in [6, 6.07) is 24.4. The Labute approximate surface area is 151 Å². The van der Waals surface area contributed by atoms with Gasteiger partial charge in [0.25, 0.3) is 5.91 Å². The molecule has 26 heavy (non-hydrogen) atoms. The Kier molecular flexibility index (Phi) is 3.45. The van der Waals surface area contributed by atoms with Crippen molar-refractivity contribution in [2.75, 3.05) is 13.1 Å². The van der Waals surface area contributed by atoms with Crippen molar-refractivity contribution >= 4 is 27.6 Å². The van der Waals surface area contributed by atoms with Gasteiger partial charge in [0, 0.05) is 24.0 Å². The molecule has 2 heterocycles. The summed E-state index contributed by atoms with van der Waals surface area (Å²) in [6.45, 7) is 1.69. The topological polar surface area (TPSA) is 33.2 Å². The fourth-order valence-electron chi connectivity index (χ4n) is 3.63. The number of carbonyl (C=O) groups excluding carboxylic acids is 1. The Morgan fingerprint density at radius 2 is 1.58 bits per heavy atom. The number of hydrogen-bond acceptors (Lipinski definition) is 2. The summed E-state index contributed by atoms with van der Waals surface area (Å²) in [5, 5.41) is 3.25. The van der Waals surface area contributed by atoms with Crippen molar-refractivity contribution in [3.8, 4) is 11.3 Å². The zero-order valence-electron chi connectivity index (χ0n) is 14.4. The summed E-state index contributed by atoms with van der Waals surface area (Å²) in [5.41, 5.74) is 3.52. The van der Waals surface area contributed by atoms with Crippen molar-refractivity contribution < 1.29 is 4.79 Å². The molecule has 0 aliphatic carbocycles. The van der Waals surface area contributed by atoms with Gasteiger partial charge in [-0.2, -0.15) is 0 Å². The quantitative estimate of drug-likeness (QED) is 0.521. The maximum Gasteiger partial charge on any atom is 0.254 e. The Balaban J connectivity index is 1.77. The van der Waals surface area contributed by atoms with Crippen LogP contribution in [0, 0.1) is 0 Å². The lowest BCUT2D eigenvalue weighted by atomic mass is 9.98. The van der Waals surface area contributed by atoms with Gasteiger partial charge in [-0.05, 0) is 29.3 Å². The van der Waals surface area contributed by atoms with E-state index in [4.69, 9.17) is 4.98 Å². The molecule has 5 rings (SSSR count). The number of likely N-dealkylation sites (tertiary alicyclic amines) is 1. The highest BCUT2D eigenvalue weighted by Gasteiger charge is 2.24. The van der Waals surface area contributed by atoms with Crippen LogP contribution in [0.25, 0.3) is 32.9 Å². The number of para-hydroxylation sites is 1. The van der Waals surface area contributed by atoms with Crippen LogP contribution in [0.2, 0.25) is 0 Å². The first-order chi connectivity index (χ1) is 12.8. The van der Waals surface area contributed by atoms with Crippen molar-refractivity contribution in [2.45, 2.75) is 6.42 Å². The van der Waals surface area contributed by atoms with Crippen LogP contribution in [0.3, 0.4) is 0 Å². The largest absolute Gasteiger partial charge is 0.338 e. The van der Waals surface area contributed by atoms with Crippen molar-refractivity contribution in [3.05, 3.63) is 78.4 Å². The van der Waals surface area contributed by atoms with Crippen molar-refractivity contribution in [2.24, 2.45) is 0 Å². The molecule has 1 aromatic heterocycles. The molecule has 1 amide bonds. The average molecular weight is 338 g/mol. The Morgan fingerprint density at radius 3 is 2.38 bits per heavy atom. The van der Waals surface area contributed by atoms with E-state index in [2.05, 4.69) is 24.3 Å². The number of benzene rings is 3. The number of fused-ring (bicyclic) bond motifs is 2. The number of carbonyl (C=O) groups is 1. The number of amides is 1. The van der Waals surface area contributed by atoms with Crippen LogP contribution < -0.4 is 0 Å². The van der Waals surface area contributed by atoms with E-state index in [0.717, 1.165) is 52.6 Å². The van der Waals surface area contributed by atoms with Gasteiger partial charge in [0.05, 0.1) is 16.8 Å². The van der Waals surface area contributed by atoms with Crippen molar-refractivity contribution in [1.82, 2.24) is 9.88 Å². The molecule has 1 aliphatic heterocycles. The number of nitrogens with zero attached hydrogens (tertiary/aromatic N) is 2. The lowest BCUT2D eigenvalue weighted by Crippen LogP contribution is -2.42. The van der Waals surface area contributed by atoms with Crippen LogP contribution in [-0.4, -0.2) is 28.9 Å². The number of rotatable bonds is 2. The first kappa shape index (κ1) is 15.1. The van der Waals surface area contributed by atoms with E-state index in [1.165, 1.54) is 5.39 Å². The zero-order chi connectivity index (χ0) is 17.5. The van der Waals surface area contributed by atoms with E-state index in [1.807, 2.05) is 53.4 Å². The minimum Gasteiger partial charge on any atom is -0.338 e. The molecule has 0 spiro atoms. The average Bonchev–Trinajstić information content (AvgIpc) is 2.65. The predicted octanol–water partition coefficient (Wildman–Crippen LogP) is 4.90. The molecule has 0 N–H and O–H groups in total. The number of aromatic nitrogens is 1. The second kappa shape index (κ2) is 5.95. The second-order valence-electron chi connectivity index (χ2n) is 6.74. The number of pyridine rings is 1. The summed E-state index contributed by atoms with van der Waals surface area (Å²) < 4.78 is 0. The molecule has 1 aliphatic rings. The summed E-state index contributed by atoms with van der Waals surface area (Å²) in [6.07, 6.45) is 1.09. The van der Waals surface area contributed by atoms with Crippen LogP contribution in [-0.2, 0) is 0 Å². The van der Waals surface area contributed by atoms with Gasteiger partial charge in [0.2, 0.25) is 0 Å². The molecule has 0 atom stereocenters. The van der Waals surface area contributed by atoms with Gasteiger partial charge < -0.3 is 4.90 Å². The smallest absolute Gasteiger partial charge is 0.254 e. The molecule has 0 bridgehead atoms. The van der Waals surface area contributed by atoms with E-state index in [-0.39, 0.29) is 5.91 Å². The van der Waals surface area contributed by atoms with Gasteiger partial charge in [-0.15, -0.1) is 0 Å². The first-order valence-electron chi connectivity index (χ1n) is 8.98. The molecule has 3 nitrogen and oxygen atoms in total. The third-order valence-electron chi connectivity index (χ3n) is 5.16. The third kappa shape index (κ3) is 2.36. The standard InChI is InChI=1S/C23H18N2O/c26-23(25-13-6-14-25)20-15-22(24-21-12-4-3-10-19(20)21)18-11-5-8-16-7-1-2-9-17(16)18/h1-5,7-12,15H,6,13-14H2. The molecule has 0 radical (unpaired) electrons. The normalized spacial score (nSPS) is 13.8. The third-order valence-corrected chi connectivity index (χ3v) is 5.16. The van der Waals surface area contributed by atoms with Gasteiger partial charge in [0.1, 0.15) is 0 Å². The van der Waals surface area contributed by atoms with Gasteiger partial charge in [-0.3, -0.25) is 4.79 Å². The summed E-state index contributed by atoms with van der Waals surface area (Å²) >= 11 is 0. The monoisotopic (exact) mass is 338 g/mol. The van der Waals surface area contributed by atoms with Crippen LogP contribution >= 0.6 is 0 Å². The highest BCUT2D eigenvalue weighted by molar-refractivity contribution is 6.08. The summed E-state index contributed by atoms with van der Waals surface area (Å²) in [4.78, 5) is 19.8. The summed E-state index contributed by atoms with van der Waals surface area (Å²) in [7, 11) is 0. The van der Waals surface area contributed by atoms with Crippen LogP contribution in [0.5, 0.6) is 0 Å². The molecule has 1 fully saturated rings. The minimum atomic E-state index is 0.108. The minimum absolute atomic E-state index is 0.108. The highest BCUT2D eigenvalue weighted by Crippen LogP contribution is 2.31.